The number of piperazine rings is 1. The van der Waals surface area contributed by atoms with Gasteiger partial charge in [-0.15, -0.1) is 0 Å². The lowest BCUT2D eigenvalue weighted by atomic mass is 10.1. The number of rotatable bonds is 2. The third kappa shape index (κ3) is 3.05. The summed E-state index contributed by atoms with van der Waals surface area (Å²) in [5.74, 6) is -0.361. The minimum absolute atomic E-state index is 0.0968. The molecule has 1 aromatic rings. The van der Waals surface area contributed by atoms with Gasteiger partial charge in [-0.2, -0.15) is 0 Å². The zero-order valence-electron chi connectivity index (χ0n) is 10.6. The minimum Gasteiger partial charge on any atom is -0.325 e. The fourth-order valence-corrected chi connectivity index (χ4v) is 1.92. The third-order valence-electron chi connectivity index (χ3n) is 3.08. The highest BCUT2D eigenvalue weighted by Gasteiger charge is 2.23. The van der Waals surface area contributed by atoms with E-state index < -0.39 is 0 Å². The molecular formula is C13H18FN3O. The fraction of sp³-hybridized carbons (Fsp3) is 0.462. The molecule has 0 aromatic heterocycles. The Morgan fingerprint density at radius 3 is 2.78 bits per heavy atom. The Labute approximate surface area is 106 Å². The maximum atomic E-state index is 13.1. The molecule has 0 aliphatic carbocycles. The highest BCUT2D eigenvalue weighted by molar-refractivity contribution is 5.95. The summed E-state index contributed by atoms with van der Waals surface area (Å²) in [7, 11) is 0. The van der Waals surface area contributed by atoms with Gasteiger partial charge in [0.05, 0.1) is 6.04 Å². The number of hydrogen-bond acceptors (Lipinski definition) is 3. The molecule has 0 spiro atoms. The van der Waals surface area contributed by atoms with Crippen LogP contribution in [0.15, 0.2) is 18.2 Å². The van der Waals surface area contributed by atoms with Crippen LogP contribution in [-0.2, 0) is 4.79 Å². The predicted octanol–water partition coefficient (Wildman–Crippen LogP) is 1.02. The van der Waals surface area contributed by atoms with E-state index in [4.69, 9.17) is 0 Å². The predicted molar refractivity (Wildman–Crippen MR) is 69.0 cm³/mol. The Morgan fingerprint density at radius 2 is 2.17 bits per heavy atom. The van der Waals surface area contributed by atoms with Crippen molar-refractivity contribution in [2.45, 2.75) is 25.9 Å². The molecule has 2 rings (SSSR count). The number of aryl methyl sites for hydroxylation is 1. The van der Waals surface area contributed by atoms with Gasteiger partial charge in [0.1, 0.15) is 5.82 Å². The molecule has 2 atom stereocenters. The lowest BCUT2D eigenvalue weighted by molar-refractivity contribution is -0.118. The normalized spacial score (nSPS) is 23.7. The Balaban J connectivity index is 1.96. The van der Waals surface area contributed by atoms with Gasteiger partial charge < -0.3 is 16.0 Å². The molecule has 1 aliphatic rings. The highest BCUT2D eigenvalue weighted by Crippen LogP contribution is 2.14. The van der Waals surface area contributed by atoms with E-state index in [1.807, 2.05) is 0 Å². The van der Waals surface area contributed by atoms with E-state index in [1.165, 1.54) is 6.07 Å². The summed E-state index contributed by atoms with van der Waals surface area (Å²) in [4.78, 5) is 12.0. The van der Waals surface area contributed by atoms with Crippen molar-refractivity contribution in [1.29, 1.82) is 0 Å². The van der Waals surface area contributed by atoms with E-state index in [1.54, 1.807) is 19.1 Å². The summed E-state index contributed by atoms with van der Waals surface area (Å²) in [6, 6.07) is 4.69. The molecule has 1 heterocycles. The van der Waals surface area contributed by atoms with Crippen LogP contribution >= 0.6 is 0 Å². The molecule has 1 aromatic carbocycles. The highest BCUT2D eigenvalue weighted by atomic mass is 19.1. The lowest BCUT2D eigenvalue weighted by Crippen LogP contribution is -2.57. The average molecular weight is 251 g/mol. The van der Waals surface area contributed by atoms with Crippen LogP contribution in [0.5, 0.6) is 0 Å². The first-order valence-electron chi connectivity index (χ1n) is 6.10. The Hall–Kier alpha value is -1.46. The van der Waals surface area contributed by atoms with Crippen molar-refractivity contribution in [2.24, 2.45) is 0 Å². The zero-order valence-corrected chi connectivity index (χ0v) is 10.6. The molecule has 18 heavy (non-hydrogen) atoms. The first-order chi connectivity index (χ1) is 8.56. The third-order valence-corrected chi connectivity index (χ3v) is 3.08. The summed E-state index contributed by atoms with van der Waals surface area (Å²) < 4.78 is 13.1. The molecule has 2 unspecified atom stereocenters. The van der Waals surface area contributed by atoms with E-state index in [-0.39, 0.29) is 17.8 Å². The van der Waals surface area contributed by atoms with Crippen LogP contribution in [0.4, 0.5) is 10.1 Å². The second-order valence-electron chi connectivity index (χ2n) is 4.72. The van der Waals surface area contributed by atoms with E-state index in [9.17, 15) is 9.18 Å². The number of amides is 1. The van der Waals surface area contributed by atoms with E-state index in [0.29, 0.717) is 23.8 Å². The van der Waals surface area contributed by atoms with Gasteiger partial charge in [0.25, 0.3) is 0 Å². The smallest absolute Gasteiger partial charge is 0.242 e. The average Bonchev–Trinajstić information content (AvgIpc) is 2.34. The van der Waals surface area contributed by atoms with E-state index >= 15 is 0 Å². The van der Waals surface area contributed by atoms with Crippen LogP contribution in [0, 0.1) is 12.7 Å². The zero-order chi connectivity index (χ0) is 13.1. The van der Waals surface area contributed by atoms with Gasteiger partial charge in [0.2, 0.25) is 5.91 Å². The maximum absolute atomic E-state index is 13.1. The number of halogens is 1. The molecule has 0 bridgehead atoms. The first kappa shape index (κ1) is 13.0. The van der Waals surface area contributed by atoms with Crippen molar-refractivity contribution in [3.63, 3.8) is 0 Å². The van der Waals surface area contributed by atoms with E-state index in [0.717, 1.165) is 6.54 Å². The van der Waals surface area contributed by atoms with Gasteiger partial charge in [-0.3, -0.25) is 4.79 Å². The van der Waals surface area contributed by atoms with Gasteiger partial charge in [-0.1, -0.05) is 0 Å². The number of hydrogen-bond donors (Lipinski definition) is 3. The maximum Gasteiger partial charge on any atom is 0.242 e. The molecule has 4 nitrogen and oxygen atoms in total. The number of carbonyl (C=O) groups is 1. The number of nitrogens with one attached hydrogen (secondary N) is 3. The van der Waals surface area contributed by atoms with Crippen LogP contribution in [0.1, 0.15) is 12.5 Å². The molecule has 3 N–H and O–H groups in total. The van der Waals surface area contributed by atoms with Crippen molar-refractivity contribution >= 4 is 11.6 Å². The largest absolute Gasteiger partial charge is 0.325 e. The Kier molecular flexibility index (Phi) is 3.93. The van der Waals surface area contributed by atoms with Crippen LogP contribution in [0.2, 0.25) is 0 Å². The van der Waals surface area contributed by atoms with Crippen LogP contribution < -0.4 is 16.0 Å². The summed E-state index contributed by atoms with van der Waals surface area (Å²) in [6.45, 7) is 5.10. The molecule has 0 radical (unpaired) electrons. The second kappa shape index (κ2) is 5.46. The summed E-state index contributed by atoms with van der Waals surface area (Å²) in [5.41, 5.74) is 1.15. The van der Waals surface area contributed by atoms with Gasteiger partial charge in [0, 0.05) is 24.8 Å². The topological polar surface area (TPSA) is 53.2 Å². The van der Waals surface area contributed by atoms with Gasteiger partial charge in [-0.05, 0) is 37.6 Å². The summed E-state index contributed by atoms with van der Waals surface area (Å²) in [6.07, 6.45) is 0. The van der Waals surface area contributed by atoms with Crippen molar-refractivity contribution in [3.05, 3.63) is 29.6 Å². The molecule has 1 saturated heterocycles. The SMILES string of the molecule is Cc1cc(NC(=O)C2CNC(C)CN2)ccc1F. The Bertz CT molecular complexity index is 442. The molecule has 1 fully saturated rings. The van der Waals surface area contributed by atoms with Crippen LogP contribution in [0.3, 0.4) is 0 Å². The van der Waals surface area contributed by atoms with Crippen molar-refractivity contribution in [1.82, 2.24) is 10.6 Å². The van der Waals surface area contributed by atoms with Gasteiger partial charge >= 0.3 is 0 Å². The molecule has 0 saturated carbocycles. The first-order valence-corrected chi connectivity index (χ1v) is 6.10. The van der Waals surface area contributed by atoms with Gasteiger partial charge in [-0.25, -0.2) is 4.39 Å². The van der Waals surface area contributed by atoms with Crippen molar-refractivity contribution in [2.75, 3.05) is 18.4 Å². The lowest BCUT2D eigenvalue weighted by Gasteiger charge is -2.28. The molecule has 98 valence electrons. The number of benzene rings is 1. The summed E-state index contributed by atoms with van der Waals surface area (Å²) in [5, 5.41) is 9.19. The molecule has 1 aliphatic heterocycles. The summed E-state index contributed by atoms with van der Waals surface area (Å²) >= 11 is 0. The standard InChI is InChI=1S/C13H18FN3O/c1-8-5-10(3-4-11(8)14)17-13(18)12-7-15-9(2)6-16-12/h3-5,9,12,15-16H,6-7H2,1-2H3,(H,17,18). The molecule has 5 heteroatoms. The van der Waals surface area contributed by atoms with Crippen LogP contribution in [0.25, 0.3) is 0 Å². The van der Waals surface area contributed by atoms with Crippen molar-refractivity contribution < 1.29 is 9.18 Å². The minimum atomic E-state index is -0.265. The van der Waals surface area contributed by atoms with Crippen LogP contribution in [-0.4, -0.2) is 31.1 Å². The second-order valence-corrected chi connectivity index (χ2v) is 4.72. The monoisotopic (exact) mass is 251 g/mol. The number of carbonyl (C=O) groups excluding carboxylic acids is 1. The Morgan fingerprint density at radius 1 is 1.39 bits per heavy atom. The fourth-order valence-electron chi connectivity index (χ4n) is 1.92. The van der Waals surface area contributed by atoms with Gasteiger partial charge in [0.15, 0.2) is 0 Å². The van der Waals surface area contributed by atoms with Crippen molar-refractivity contribution in [3.8, 4) is 0 Å². The number of anilines is 1. The molecular weight excluding hydrogens is 233 g/mol. The molecule has 1 amide bonds. The quantitative estimate of drug-likeness (QED) is 0.735. The van der Waals surface area contributed by atoms with E-state index in [2.05, 4.69) is 22.9 Å².